The van der Waals surface area contributed by atoms with E-state index >= 15 is 0 Å². The lowest BCUT2D eigenvalue weighted by Crippen LogP contribution is -2.01. The van der Waals surface area contributed by atoms with Crippen molar-refractivity contribution in [3.05, 3.63) is 52.0 Å². The molecule has 0 spiro atoms. The first-order chi connectivity index (χ1) is 8.82. The van der Waals surface area contributed by atoms with Crippen molar-refractivity contribution in [3.63, 3.8) is 0 Å². The van der Waals surface area contributed by atoms with Crippen molar-refractivity contribution in [1.29, 1.82) is 0 Å². The van der Waals surface area contributed by atoms with Crippen molar-refractivity contribution in [2.24, 2.45) is 0 Å². The maximum absolute atomic E-state index is 12.4. The van der Waals surface area contributed by atoms with E-state index < -0.39 is 0 Å². The average molecular weight is 419 g/mol. The fourth-order valence-electron chi connectivity index (χ4n) is 1.47. The van der Waals surface area contributed by atoms with Crippen LogP contribution in [-0.2, 0) is 0 Å². The van der Waals surface area contributed by atoms with Crippen molar-refractivity contribution in [2.45, 2.75) is 6.92 Å². The van der Waals surface area contributed by atoms with E-state index in [4.69, 9.17) is 46.4 Å². The molecule has 0 aliphatic carbocycles. The number of benzene rings is 1. The zero-order chi connectivity index (χ0) is 14.3. The second kappa shape index (κ2) is 5.92. The predicted molar refractivity (Wildman–Crippen MR) is 86.7 cm³/mol. The minimum atomic E-state index is -0.271. The van der Waals surface area contributed by atoms with Crippen LogP contribution in [0.1, 0.15) is 20.8 Å². The molecule has 0 aliphatic heterocycles. The molecular weight excluding hydrogens is 414 g/mol. The number of ketones is 1. The second-order valence-electron chi connectivity index (χ2n) is 3.74. The van der Waals surface area contributed by atoms with Gasteiger partial charge in [-0.05, 0) is 40.5 Å². The zero-order valence-electron chi connectivity index (χ0n) is 9.36. The minimum Gasteiger partial charge on any atom is -0.288 e. The molecule has 0 fully saturated rings. The lowest BCUT2D eigenvalue weighted by molar-refractivity contribution is 0.104. The van der Waals surface area contributed by atoms with Crippen LogP contribution in [0.5, 0.6) is 0 Å². The van der Waals surface area contributed by atoms with Gasteiger partial charge in [-0.25, -0.2) is 0 Å². The maximum atomic E-state index is 12.4. The molecule has 2 aromatic rings. The summed E-state index contributed by atoms with van der Waals surface area (Å²) in [6.45, 7) is 1.90. The van der Waals surface area contributed by atoms with E-state index in [9.17, 15) is 4.79 Å². The number of hydrogen-bond donors (Lipinski definition) is 0. The highest BCUT2D eigenvalue weighted by Crippen LogP contribution is 2.39. The summed E-state index contributed by atoms with van der Waals surface area (Å²) in [4.78, 5) is 13.0. The van der Waals surface area contributed by atoms with Crippen LogP contribution in [0, 0.1) is 6.92 Å². The molecule has 0 atom stereocenters. The van der Waals surface area contributed by atoms with Gasteiger partial charge in [0.2, 0.25) is 5.78 Å². The Labute approximate surface area is 142 Å². The molecule has 1 heterocycles. The summed E-state index contributed by atoms with van der Waals surface area (Å²) in [5.41, 5.74) is 1.15. The van der Waals surface area contributed by atoms with E-state index in [1.807, 2.05) is 6.92 Å². The molecule has 1 nitrogen and oxygen atoms in total. The van der Waals surface area contributed by atoms with Gasteiger partial charge < -0.3 is 0 Å². The Bertz CT molecular complexity index is 661. The van der Waals surface area contributed by atoms with Crippen molar-refractivity contribution in [1.82, 2.24) is 0 Å². The fraction of sp³-hybridized carbons (Fsp3) is 0.0833. The molecule has 0 bridgehead atoms. The largest absolute Gasteiger partial charge is 0.288 e. The monoisotopic (exact) mass is 416 g/mol. The summed E-state index contributed by atoms with van der Waals surface area (Å²) in [7, 11) is 0. The summed E-state index contributed by atoms with van der Waals surface area (Å²) < 4.78 is 0.892. The maximum Gasteiger partial charge on any atom is 0.206 e. The summed E-state index contributed by atoms with van der Waals surface area (Å²) in [6, 6.07) is 3.19. The van der Waals surface area contributed by atoms with Gasteiger partial charge in [0.25, 0.3) is 0 Å². The molecule has 1 aromatic heterocycles. The first-order valence-corrected chi connectivity index (χ1v) is 8.08. The minimum absolute atomic E-state index is 0.0753. The standard InChI is InChI=1S/C12H5BrCl4OS/c1-4-2-7(19-12(4)13)11(18)8-5(14)3-6(15)9(16)10(8)17/h2-3H,1H3. The van der Waals surface area contributed by atoms with Crippen LogP contribution in [0.15, 0.2) is 15.9 Å². The number of rotatable bonds is 2. The number of hydrogen-bond acceptors (Lipinski definition) is 2. The van der Waals surface area contributed by atoms with Gasteiger partial charge in [0.05, 0.1) is 34.3 Å². The van der Waals surface area contributed by atoms with Crippen LogP contribution in [0.3, 0.4) is 0 Å². The smallest absolute Gasteiger partial charge is 0.206 e. The summed E-state index contributed by atoms with van der Waals surface area (Å²) >= 11 is 28.6. The third-order valence-corrected chi connectivity index (χ3v) is 6.12. The van der Waals surface area contributed by atoms with Crippen LogP contribution in [0.25, 0.3) is 0 Å². The van der Waals surface area contributed by atoms with Gasteiger partial charge in [-0.2, -0.15) is 0 Å². The summed E-state index contributed by atoms with van der Waals surface area (Å²) in [6.07, 6.45) is 0. The summed E-state index contributed by atoms with van der Waals surface area (Å²) in [5, 5.41) is 0.609. The highest BCUT2D eigenvalue weighted by Gasteiger charge is 2.22. The average Bonchev–Trinajstić information content (AvgIpc) is 2.67. The molecule has 0 N–H and O–H groups in total. The SMILES string of the molecule is Cc1cc(C(=O)c2c(Cl)cc(Cl)c(Cl)c2Cl)sc1Br. The number of aryl methyl sites for hydroxylation is 1. The van der Waals surface area contributed by atoms with E-state index in [1.165, 1.54) is 17.4 Å². The van der Waals surface area contributed by atoms with Crippen LogP contribution in [-0.4, -0.2) is 5.78 Å². The Morgan fingerprint density at radius 2 is 1.74 bits per heavy atom. The van der Waals surface area contributed by atoms with Gasteiger partial charge in [0.15, 0.2) is 0 Å². The molecule has 0 saturated heterocycles. The first kappa shape index (κ1) is 15.6. The van der Waals surface area contributed by atoms with Crippen molar-refractivity contribution >= 4 is 79.5 Å². The second-order valence-corrected chi connectivity index (χ2v) is 7.68. The molecular formula is C12H5BrCl4OS. The van der Waals surface area contributed by atoms with Gasteiger partial charge in [0.1, 0.15) is 0 Å². The zero-order valence-corrected chi connectivity index (χ0v) is 14.8. The fourth-order valence-corrected chi connectivity index (χ4v) is 4.03. The molecule has 0 unspecified atom stereocenters. The van der Waals surface area contributed by atoms with Crippen molar-refractivity contribution in [2.75, 3.05) is 0 Å². The Hall–Kier alpha value is 0.230. The summed E-state index contributed by atoms with van der Waals surface area (Å²) in [5.74, 6) is -0.271. The third-order valence-electron chi connectivity index (χ3n) is 2.42. The van der Waals surface area contributed by atoms with Crippen LogP contribution < -0.4 is 0 Å². The number of halogens is 5. The predicted octanol–water partition coefficient (Wildman–Crippen LogP) is 6.66. The number of carbonyl (C=O) groups is 1. The van der Waals surface area contributed by atoms with Crippen LogP contribution >= 0.6 is 73.7 Å². The topological polar surface area (TPSA) is 17.1 Å². The molecule has 19 heavy (non-hydrogen) atoms. The lowest BCUT2D eigenvalue weighted by Gasteiger charge is -2.08. The Kier molecular flexibility index (Phi) is 4.87. The number of thiophene rings is 1. The van der Waals surface area contributed by atoms with E-state index in [1.54, 1.807) is 6.07 Å². The molecule has 0 aliphatic rings. The Balaban J connectivity index is 2.59. The Morgan fingerprint density at radius 3 is 2.26 bits per heavy atom. The van der Waals surface area contributed by atoms with Gasteiger partial charge in [0, 0.05) is 0 Å². The molecule has 0 amide bonds. The van der Waals surface area contributed by atoms with Crippen molar-refractivity contribution in [3.8, 4) is 0 Å². The Morgan fingerprint density at radius 1 is 1.11 bits per heavy atom. The van der Waals surface area contributed by atoms with Crippen molar-refractivity contribution < 1.29 is 4.79 Å². The highest BCUT2D eigenvalue weighted by atomic mass is 79.9. The van der Waals surface area contributed by atoms with Crippen LogP contribution in [0.4, 0.5) is 0 Å². The molecule has 0 radical (unpaired) electrons. The first-order valence-electron chi connectivity index (χ1n) is 4.96. The highest BCUT2D eigenvalue weighted by molar-refractivity contribution is 9.11. The quantitative estimate of drug-likeness (QED) is 0.302. The van der Waals surface area contributed by atoms with E-state index in [0.717, 1.165) is 9.35 Å². The van der Waals surface area contributed by atoms with E-state index in [0.29, 0.717) is 4.88 Å². The molecule has 1 aromatic carbocycles. The normalized spacial score (nSPS) is 10.8. The lowest BCUT2D eigenvalue weighted by atomic mass is 10.1. The van der Waals surface area contributed by atoms with E-state index in [-0.39, 0.29) is 31.4 Å². The third kappa shape index (κ3) is 2.97. The van der Waals surface area contributed by atoms with Crippen LogP contribution in [0.2, 0.25) is 20.1 Å². The van der Waals surface area contributed by atoms with Gasteiger partial charge in [-0.1, -0.05) is 46.4 Å². The molecule has 2 rings (SSSR count). The molecule has 100 valence electrons. The molecule has 7 heteroatoms. The van der Waals surface area contributed by atoms with Gasteiger partial charge in [-0.3, -0.25) is 4.79 Å². The van der Waals surface area contributed by atoms with Gasteiger partial charge >= 0.3 is 0 Å². The van der Waals surface area contributed by atoms with Gasteiger partial charge in [-0.15, -0.1) is 11.3 Å². The number of carbonyl (C=O) groups excluding carboxylic acids is 1. The molecule has 0 saturated carbocycles. The van der Waals surface area contributed by atoms with E-state index in [2.05, 4.69) is 15.9 Å².